The molecule has 0 radical (unpaired) electrons. The summed E-state index contributed by atoms with van der Waals surface area (Å²) in [5.41, 5.74) is 0.843. The molecule has 1 aliphatic heterocycles. The largest absolute Gasteiger partial charge is 0.381 e. The van der Waals surface area contributed by atoms with Crippen LogP contribution in [0.25, 0.3) is 0 Å². The molecule has 2 N–H and O–H groups in total. The van der Waals surface area contributed by atoms with Crippen molar-refractivity contribution in [1.82, 2.24) is 10.2 Å². The first kappa shape index (κ1) is 19.7. The predicted octanol–water partition coefficient (Wildman–Crippen LogP) is 1.59. The molecule has 2 amide bonds. The number of halogens is 1. The molecule has 138 valence electrons. The van der Waals surface area contributed by atoms with Gasteiger partial charge in [0.05, 0.1) is 6.04 Å². The van der Waals surface area contributed by atoms with Crippen molar-refractivity contribution in [3.63, 3.8) is 0 Å². The third-order valence-corrected chi connectivity index (χ3v) is 4.78. The minimum atomic E-state index is -1.29. The second-order valence-electron chi connectivity index (χ2n) is 6.39. The molecule has 7 heteroatoms. The molecule has 2 unspecified atom stereocenters. The fourth-order valence-electron chi connectivity index (χ4n) is 2.87. The number of benzene rings is 1. The van der Waals surface area contributed by atoms with Crippen LogP contribution >= 0.6 is 11.6 Å². The number of hydrogen-bond acceptors (Lipinski definition) is 4. The second-order valence-corrected chi connectivity index (χ2v) is 6.83. The second kappa shape index (κ2) is 9.75. The molecule has 0 saturated carbocycles. The average Bonchev–Trinajstić information content (AvgIpc) is 2.64. The number of aliphatic hydroxyl groups excluding tert-OH is 1. The van der Waals surface area contributed by atoms with Gasteiger partial charge in [0.15, 0.2) is 6.10 Å². The van der Waals surface area contributed by atoms with Gasteiger partial charge in [0, 0.05) is 31.3 Å². The molecule has 1 saturated heterocycles. The standard InChI is InChI=1S/C18H25ClN2O4/c1-13(21(12-22)11-14-5-7-25-8-6-14)17(23)18(24)20-10-15-3-2-4-16(19)9-15/h2-4,9,12-14,17,23H,5-8,10-11H2,1H3,(H,20,24). The number of carbonyl (C=O) groups is 2. The van der Waals surface area contributed by atoms with E-state index in [0.29, 0.717) is 37.1 Å². The molecule has 2 atom stereocenters. The number of nitrogens with zero attached hydrogens (tertiary/aromatic N) is 1. The minimum absolute atomic E-state index is 0.268. The van der Waals surface area contributed by atoms with Gasteiger partial charge in [0.1, 0.15) is 0 Å². The van der Waals surface area contributed by atoms with Gasteiger partial charge in [-0.1, -0.05) is 23.7 Å². The summed E-state index contributed by atoms with van der Waals surface area (Å²) in [7, 11) is 0. The van der Waals surface area contributed by atoms with Crippen LogP contribution in [0.5, 0.6) is 0 Å². The monoisotopic (exact) mass is 368 g/mol. The number of hydrogen-bond donors (Lipinski definition) is 2. The SMILES string of the molecule is CC(C(O)C(=O)NCc1cccc(Cl)c1)N(C=O)CC1CCOCC1. The van der Waals surface area contributed by atoms with Crippen LogP contribution in [0.4, 0.5) is 0 Å². The maximum atomic E-state index is 12.2. The van der Waals surface area contributed by atoms with Crippen LogP contribution in [-0.4, -0.2) is 54.2 Å². The molecule has 0 spiro atoms. The van der Waals surface area contributed by atoms with E-state index in [4.69, 9.17) is 16.3 Å². The zero-order valence-corrected chi connectivity index (χ0v) is 15.1. The summed E-state index contributed by atoms with van der Waals surface area (Å²) in [6.45, 7) is 3.84. The third kappa shape index (κ3) is 5.99. The zero-order valence-electron chi connectivity index (χ0n) is 14.4. The molecule has 6 nitrogen and oxygen atoms in total. The lowest BCUT2D eigenvalue weighted by Gasteiger charge is -2.33. The van der Waals surface area contributed by atoms with Crippen molar-refractivity contribution in [3.8, 4) is 0 Å². The Morgan fingerprint density at radius 2 is 2.20 bits per heavy atom. The fraction of sp³-hybridized carbons (Fsp3) is 0.556. The highest BCUT2D eigenvalue weighted by Gasteiger charge is 2.28. The Kier molecular flexibility index (Phi) is 7.68. The van der Waals surface area contributed by atoms with Crippen molar-refractivity contribution in [2.75, 3.05) is 19.8 Å². The molecule has 0 aromatic heterocycles. The van der Waals surface area contributed by atoms with Gasteiger partial charge in [0.25, 0.3) is 5.91 Å². The maximum Gasteiger partial charge on any atom is 0.251 e. The van der Waals surface area contributed by atoms with Crippen LogP contribution in [0.15, 0.2) is 24.3 Å². The van der Waals surface area contributed by atoms with Crippen LogP contribution in [0, 0.1) is 5.92 Å². The number of carbonyl (C=O) groups excluding carboxylic acids is 2. The lowest BCUT2D eigenvalue weighted by Crippen LogP contribution is -2.50. The van der Waals surface area contributed by atoms with Gasteiger partial charge in [-0.3, -0.25) is 9.59 Å². The molecule has 1 heterocycles. The summed E-state index contributed by atoms with van der Waals surface area (Å²) in [5.74, 6) is -0.172. The predicted molar refractivity (Wildman–Crippen MR) is 95.1 cm³/mol. The Morgan fingerprint density at radius 3 is 2.84 bits per heavy atom. The summed E-state index contributed by atoms with van der Waals surface area (Å²) < 4.78 is 5.31. The summed E-state index contributed by atoms with van der Waals surface area (Å²) in [6.07, 6.45) is 1.18. The van der Waals surface area contributed by atoms with E-state index in [1.807, 2.05) is 6.07 Å². The number of nitrogens with one attached hydrogen (secondary N) is 1. The van der Waals surface area contributed by atoms with E-state index in [1.165, 1.54) is 4.90 Å². The first-order valence-electron chi connectivity index (χ1n) is 8.50. The lowest BCUT2D eigenvalue weighted by atomic mass is 9.98. The molecule has 2 rings (SSSR count). The molecular weight excluding hydrogens is 344 g/mol. The number of aliphatic hydroxyl groups is 1. The smallest absolute Gasteiger partial charge is 0.251 e. The van der Waals surface area contributed by atoms with Crippen molar-refractivity contribution in [2.24, 2.45) is 5.92 Å². The van der Waals surface area contributed by atoms with E-state index in [-0.39, 0.29) is 6.54 Å². The van der Waals surface area contributed by atoms with E-state index in [9.17, 15) is 14.7 Å². The van der Waals surface area contributed by atoms with Crippen LogP contribution in [0.3, 0.4) is 0 Å². The Hall–Kier alpha value is -1.63. The number of ether oxygens (including phenoxy) is 1. The third-order valence-electron chi connectivity index (χ3n) is 4.55. The molecule has 25 heavy (non-hydrogen) atoms. The normalized spacial score (nSPS) is 17.6. The van der Waals surface area contributed by atoms with Gasteiger partial charge >= 0.3 is 0 Å². The molecule has 0 bridgehead atoms. The van der Waals surface area contributed by atoms with Crippen LogP contribution < -0.4 is 5.32 Å². The summed E-state index contributed by atoms with van der Waals surface area (Å²) in [5, 5.41) is 13.6. The van der Waals surface area contributed by atoms with E-state index in [1.54, 1.807) is 25.1 Å². The first-order valence-corrected chi connectivity index (χ1v) is 8.88. The summed E-state index contributed by atoms with van der Waals surface area (Å²) in [6, 6.07) is 6.54. The van der Waals surface area contributed by atoms with Gasteiger partial charge in [0.2, 0.25) is 6.41 Å². The quantitative estimate of drug-likeness (QED) is 0.683. The highest BCUT2D eigenvalue weighted by Crippen LogP contribution is 2.17. The van der Waals surface area contributed by atoms with E-state index >= 15 is 0 Å². The Balaban J connectivity index is 1.86. The Morgan fingerprint density at radius 1 is 1.48 bits per heavy atom. The van der Waals surface area contributed by atoms with E-state index < -0.39 is 18.1 Å². The molecule has 1 fully saturated rings. The van der Waals surface area contributed by atoms with Gasteiger partial charge in [-0.25, -0.2) is 0 Å². The van der Waals surface area contributed by atoms with Crippen molar-refractivity contribution >= 4 is 23.9 Å². The van der Waals surface area contributed by atoms with Gasteiger partial charge in [-0.2, -0.15) is 0 Å². The van der Waals surface area contributed by atoms with Crippen molar-refractivity contribution in [2.45, 2.75) is 38.5 Å². The molecular formula is C18H25ClN2O4. The topological polar surface area (TPSA) is 78.9 Å². The van der Waals surface area contributed by atoms with Gasteiger partial charge in [-0.05, 0) is 43.4 Å². The molecule has 0 aliphatic carbocycles. The Bertz CT molecular complexity index is 578. The highest BCUT2D eigenvalue weighted by molar-refractivity contribution is 6.30. The maximum absolute atomic E-state index is 12.2. The Labute approximate surface area is 153 Å². The van der Waals surface area contributed by atoms with Crippen LogP contribution in [-0.2, 0) is 20.9 Å². The summed E-state index contributed by atoms with van der Waals surface area (Å²) in [4.78, 5) is 25.1. The highest BCUT2D eigenvalue weighted by atomic mass is 35.5. The molecule has 1 aromatic rings. The lowest BCUT2D eigenvalue weighted by molar-refractivity contribution is -0.136. The van der Waals surface area contributed by atoms with Crippen molar-refractivity contribution in [3.05, 3.63) is 34.9 Å². The van der Waals surface area contributed by atoms with Gasteiger partial charge in [-0.15, -0.1) is 0 Å². The number of amides is 2. The zero-order chi connectivity index (χ0) is 18.2. The van der Waals surface area contributed by atoms with Crippen molar-refractivity contribution < 1.29 is 19.4 Å². The fourth-order valence-corrected chi connectivity index (χ4v) is 3.09. The van der Waals surface area contributed by atoms with E-state index in [2.05, 4.69) is 5.32 Å². The minimum Gasteiger partial charge on any atom is -0.381 e. The van der Waals surface area contributed by atoms with Crippen LogP contribution in [0.1, 0.15) is 25.3 Å². The first-order chi connectivity index (χ1) is 12.0. The average molecular weight is 369 g/mol. The summed E-state index contributed by atoms with van der Waals surface area (Å²) >= 11 is 5.91. The van der Waals surface area contributed by atoms with E-state index in [0.717, 1.165) is 18.4 Å². The number of rotatable bonds is 8. The van der Waals surface area contributed by atoms with Crippen molar-refractivity contribution in [1.29, 1.82) is 0 Å². The molecule has 1 aromatic carbocycles. The molecule has 1 aliphatic rings. The van der Waals surface area contributed by atoms with Crippen LogP contribution in [0.2, 0.25) is 5.02 Å². The van der Waals surface area contributed by atoms with Gasteiger partial charge < -0.3 is 20.1 Å².